The predicted octanol–water partition coefficient (Wildman–Crippen LogP) is 2.51. The van der Waals surface area contributed by atoms with Gasteiger partial charge in [-0.3, -0.25) is 4.40 Å². The number of hydrogen-bond donors (Lipinski definition) is 1. The molecule has 0 aliphatic heterocycles. The van der Waals surface area contributed by atoms with E-state index in [-0.39, 0.29) is 0 Å². The van der Waals surface area contributed by atoms with E-state index in [4.69, 9.17) is 0 Å². The molecule has 86 valence electrons. The Kier molecular flexibility index (Phi) is 2.48. The Morgan fingerprint density at radius 3 is 3.06 bits per heavy atom. The lowest BCUT2D eigenvalue weighted by Crippen LogP contribution is -2.18. The van der Waals surface area contributed by atoms with Crippen molar-refractivity contribution in [3.8, 4) is 0 Å². The SMILES string of the molecule is Cc1nc2scc(C)n2c1CNCC1CC1. The van der Waals surface area contributed by atoms with E-state index in [1.165, 1.54) is 29.9 Å². The van der Waals surface area contributed by atoms with Gasteiger partial charge >= 0.3 is 0 Å². The molecular weight excluding hydrogens is 218 g/mol. The largest absolute Gasteiger partial charge is 0.311 e. The van der Waals surface area contributed by atoms with Gasteiger partial charge in [0.05, 0.1) is 11.4 Å². The molecule has 1 aliphatic carbocycles. The highest BCUT2D eigenvalue weighted by Gasteiger charge is 2.20. The molecule has 1 saturated carbocycles. The Labute approximate surface area is 99.5 Å². The van der Waals surface area contributed by atoms with E-state index in [1.807, 2.05) is 0 Å². The summed E-state index contributed by atoms with van der Waals surface area (Å²) in [5.41, 5.74) is 3.79. The third-order valence-electron chi connectivity index (χ3n) is 3.25. The molecule has 0 atom stereocenters. The topological polar surface area (TPSA) is 29.3 Å². The fourth-order valence-corrected chi connectivity index (χ4v) is 3.02. The zero-order valence-corrected chi connectivity index (χ0v) is 10.6. The fourth-order valence-electron chi connectivity index (χ4n) is 2.09. The lowest BCUT2D eigenvalue weighted by Gasteiger charge is -2.04. The summed E-state index contributed by atoms with van der Waals surface area (Å²) in [6, 6.07) is 0. The van der Waals surface area contributed by atoms with Crippen LogP contribution in [0.3, 0.4) is 0 Å². The number of nitrogens with zero attached hydrogens (tertiary/aromatic N) is 2. The number of aromatic nitrogens is 2. The van der Waals surface area contributed by atoms with Crippen LogP contribution in [0.1, 0.15) is 29.9 Å². The number of imidazole rings is 1. The van der Waals surface area contributed by atoms with E-state index in [9.17, 15) is 0 Å². The smallest absolute Gasteiger partial charge is 0.194 e. The predicted molar refractivity (Wildman–Crippen MR) is 67.0 cm³/mol. The number of aryl methyl sites for hydroxylation is 2. The van der Waals surface area contributed by atoms with Crippen LogP contribution in [0.2, 0.25) is 0 Å². The van der Waals surface area contributed by atoms with Gasteiger partial charge in [-0.05, 0) is 39.2 Å². The van der Waals surface area contributed by atoms with Crippen molar-refractivity contribution >= 4 is 16.3 Å². The molecule has 16 heavy (non-hydrogen) atoms. The molecule has 0 amide bonds. The second kappa shape index (κ2) is 3.86. The van der Waals surface area contributed by atoms with E-state index in [1.54, 1.807) is 11.3 Å². The van der Waals surface area contributed by atoms with E-state index >= 15 is 0 Å². The standard InChI is InChI=1S/C12H17N3S/c1-8-7-16-12-14-9(2)11(15(8)12)6-13-5-10-3-4-10/h7,10,13H,3-6H2,1-2H3. The van der Waals surface area contributed by atoms with Gasteiger partial charge < -0.3 is 5.32 Å². The van der Waals surface area contributed by atoms with Crippen molar-refractivity contribution in [2.75, 3.05) is 6.54 Å². The first kappa shape index (κ1) is 10.3. The number of nitrogens with one attached hydrogen (secondary N) is 1. The van der Waals surface area contributed by atoms with Crippen molar-refractivity contribution in [3.63, 3.8) is 0 Å². The van der Waals surface area contributed by atoms with Crippen LogP contribution in [0, 0.1) is 19.8 Å². The van der Waals surface area contributed by atoms with Crippen molar-refractivity contribution in [2.45, 2.75) is 33.2 Å². The molecule has 2 aromatic heterocycles. The van der Waals surface area contributed by atoms with Gasteiger partial charge in [0.1, 0.15) is 0 Å². The maximum atomic E-state index is 4.59. The Morgan fingerprint density at radius 1 is 1.50 bits per heavy atom. The van der Waals surface area contributed by atoms with Gasteiger partial charge in [-0.15, -0.1) is 11.3 Å². The highest BCUT2D eigenvalue weighted by Crippen LogP contribution is 2.28. The lowest BCUT2D eigenvalue weighted by molar-refractivity contribution is 0.625. The molecule has 1 fully saturated rings. The molecule has 3 nitrogen and oxygen atoms in total. The lowest BCUT2D eigenvalue weighted by atomic mass is 10.3. The van der Waals surface area contributed by atoms with Gasteiger partial charge in [0, 0.05) is 17.6 Å². The van der Waals surface area contributed by atoms with Crippen LogP contribution in [-0.4, -0.2) is 15.9 Å². The first-order chi connectivity index (χ1) is 7.75. The minimum Gasteiger partial charge on any atom is -0.311 e. The van der Waals surface area contributed by atoms with E-state index in [0.29, 0.717) is 0 Å². The Hall–Kier alpha value is -0.870. The van der Waals surface area contributed by atoms with Crippen LogP contribution in [0.15, 0.2) is 5.38 Å². The zero-order chi connectivity index (χ0) is 11.1. The van der Waals surface area contributed by atoms with Crippen LogP contribution in [-0.2, 0) is 6.54 Å². The number of rotatable bonds is 4. The second-order valence-electron chi connectivity index (χ2n) is 4.71. The maximum absolute atomic E-state index is 4.59. The monoisotopic (exact) mass is 235 g/mol. The van der Waals surface area contributed by atoms with Gasteiger partial charge in [-0.1, -0.05) is 0 Å². The Morgan fingerprint density at radius 2 is 2.31 bits per heavy atom. The summed E-state index contributed by atoms with van der Waals surface area (Å²) in [7, 11) is 0. The Balaban J connectivity index is 1.82. The quantitative estimate of drug-likeness (QED) is 0.882. The first-order valence-corrected chi connectivity index (χ1v) is 6.76. The van der Waals surface area contributed by atoms with Gasteiger partial charge in [0.25, 0.3) is 0 Å². The maximum Gasteiger partial charge on any atom is 0.194 e. The summed E-state index contributed by atoms with van der Waals surface area (Å²) in [6.07, 6.45) is 2.82. The van der Waals surface area contributed by atoms with Gasteiger partial charge in [-0.2, -0.15) is 0 Å². The molecule has 0 bridgehead atoms. The van der Waals surface area contributed by atoms with E-state index in [2.05, 4.69) is 33.9 Å². The van der Waals surface area contributed by atoms with E-state index in [0.717, 1.165) is 24.0 Å². The molecule has 0 aromatic carbocycles. The molecule has 1 N–H and O–H groups in total. The van der Waals surface area contributed by atoms with Gasteiger partial charge in [0.2, 0.25) is 0 Å². The minimum absolute atomic E-state index is 0.937. The normalized spacial score (nSPS) is 16.1. The van der Waals surface area contributed by atoms with Crippen molar-refractivity contribution in [3.05, 3.63) is 22.5 Å². The molecule has 3 rings (SSSR count). The molecule has 0 radical (unpaired) electrons. The summed E-state index contributed by atoms with van der Waals surface area (Å²) in [5, 5.41) is 5.72. The third kappa shape index (κ3) is 1.76. The molecule has 0 spiro atoms. The third-order valence-corrected chi connectivity index (χ3v) is 4.20. The summed E-state index contributed by atoms with van der Waals surface area (Å²) in [6.45, 7) is 6.36. The summed E-state index contributed by atoms with van der Waals surface area (Å²) >= 11 is 1.73. The first-order valence-electron chi connectivity index (χ1n) is 5.88. The molecule has 2 heterocycles. The highest BCUT2D eigenvalue weighted by molar-refractivity contribution is 7.15. The number of thiazole rings is 1. The van der Waals surface area contributed by atoms with E-state index < -0.39 is 0 Å². The van der Waals surface area contributed by atoms with Crippen molar-refractivity contribution < 1.29 is 0 Å². The molecular formula is C12H17N3S. The van der Waals surface area contributed by atoms with Crippen LogP contribution in [0.5, 0.6) is 0 Å². The average Bonchev–Trinajstić information content (AvgIpc) is 2.93. The fraction of sp³-hybridized carbons (Fsp3) is 0.583. The Bertz CT molecular complexity index is 508. The summed E-state index contributed by atoms with van der Waals surface area (Å²) < 4.78 is 2.28. The molecule has 2 aromatic rings. The summed E-state index contributed by atoms with van der Waals surface area (Å²) in [4.78, 5) is 5.71. The number of hydrogen-bond acceptors (Lipinski definition) is 3. The second-order valence-corrected chi connectivity index (χ2v) is 5.55. The average molecular weight is 235 g/mol. The molecule has 0 unspecified atom stereocenters. The minimum atomic E-state index is 0.937. The van der Waals surface area contributed by atoms with Gasteiger partial charge in [0.15, 0.2) is 4.96 Å². The molecule has 1 aliphatic rings. The number of fused-ring (bicyclic) bond motifs is 1. The zero-order valence-electron chi connectivity index (χ0n) is 9.79. The van der Waals surface area contributed by atoms with Crippen LogP contribution < -0.4 is 5.32 Å². The van der Waals surface area contributed by atoms with Crippen molar-refractivity contribution in [1.82, 2.24) is 14.7 Å². The summed E-state index contributed by atoms with van der Waals surface area (Å²) in [5.74, 6) is 0.937. The highest BCUT2D eigenvalue weighted by atomic mass is 32.1. The molecule has 0 saturated heterocycles. The van der Waals surface area contributed by atoms with Gasteiger partial charge in [-0.25, -0.2) is 4.98 Å². The van der Waals surface area contributed by atoms with Crippen molar-refractivity contribution in [1.29, 1.82) is 0 Å². The van der Waals surface area contributed by atoms with Crippen LogP contribution in [0.25, 0.3) is 4.96 Å². The molecule has 4 heteroatoms. The van der Waals surface area contributed by atoms with Crippen LogP contribution in [0.4, 0.5) is 0 Å². The van der Waals surface area contributed by atoms with Crippen LogP contribution >= 0.6 is 11.3 Å². The van der Waals surface area contributed by atoms with Crippen molar-refractivity contribution in [2.24, 2.45) is 5.92 Å².